The zero-order valence-electron chi connectivity index (χ0n) is 19.3. The fourth-order valence-corrected chi connectivity index (χ4v) is 3.61. The van der Waals surface area contributed by atoms with E-state index >= 15 is 0 Å². The monoisotopic (exact) mass is 493 g/mol. The third-order valence-electron chi connectivity index (χ3n) is 5.40. The van der Waals surface area contributed by atoms with E-state index in [1.807, 2.05) is 24.0 Å². The number of carbonyl (C=O) groups excluding carboxylic acids is 1. The van der Waals surface area contributed by atoms with Crippen LogP contribution in [0.15, 0.2) is 35.4 Å². The van der Waals surface area contributed by atoms with Crippen molar-refractivity contribution in [3.8, 4) is 11.1 Å². The van der Waals surface area contributed by atoms with Crippen LogP contribution in [0.5, 0.6) is 0 Å². The van der Waals surface area contributed by atoms with Gasteiger partial charge in [0.25, 0.3) is 5.56 Å². The molecule has 0 spiro atoms. The van der Waals surface area contributed by atoms with Crippen LogP contribution in [-0.2, 0) is 16.0 Å². The van der Waals surface area contributed by atoms with E-state index in [0.29, 0.717) is 17.3 Å². The molecule has 4 rings (SSSR count). The lowest BCUT2D eigenvalue weighted by atomic mass is 10.1. The minimum atomic E-state index is -5.08. The summed E-state index contributed by atoms with van der Waals surface area (Å²) < 4.78 is 33.2. The molecule has 1 amide bonds. The smallest absolute Gasteiger partial charge is 0.475 e. The number of H-pyrrole nitrogens is 1. The normalized spacial score (nSPS) is 13.3. The number of nitrogens with zero attached hydrogens (tertiary/aromatic N) is 4. The summed E-state index contributed by atoms with van der Waals surface area (Å²) in [4.78, 5) is 45.1. The lowest BCUT2D eigenvalue weighted by Crippen LogP contribution is -2.35. The molecule has 1 saturated carbocycles. The zero-order valence-corrected chi connectivity index (χ0v) is 19.3. The van der Waals surface area contributed by atoms with Gasteiger partial charge >= 0.3 is 12.1 Å². The first-order chi connectivity index (χ1) is 16.5. The predicted molar refractivity (Wildman–Crippen MR) is 121 cm³/mol. The number of aryl methyl sites for hydroxylation is 1. The summed E-state index contributed by atoms with van der Waals surface area (Å²) in [5, 5.41) is 10.2. The summed E-state index contributed by atoms with van der Waals surface area (Å²) in [5.74, 6) is -2.08. The summed E-state index contributed by atoms with van der Waals surface area (Å²) in [5.41, 5.74) is 3.39. The van der Waals surface area contributed by atoms with Crippen LogP contribution in [0.4, 0.5) is 13.2 Å². The van der Waals surface area contributed by atoms with Crippen LogP contribution in [0.1, 0.15) is 37.6 Å². The average Bonchev–Trinajstić information content (AvgIpc) is 3.54. The van der Waals surface area contributed by atoms with E-state index in [9.17, 15) is 22.8 Å². The Hall–Kier alpha value is -3.70. The van der Waals surface area contributed by atoms with Gasteiger partial charge in [-0.2, -0.15) is 13.2 Å². The van der Waals surface area contributed by atoms with Crippen molar-refractivity contribution < 1.29 is 27.9 Å². The molecule has 1 fully saturated rings. The van der Waals surface area contributed by atoms with E-state index in [0.717, 1.165) is 36.3 Å². The van der Waals surface area contributed by atoms with Gasteiger partial charge in [-0.1, -0.05) is 13.0 Å². The summed E-state index contributed by atoms with van der Waals surface area (Å²) in [6.07, 6.45) is 1.86. The zero-order chi connectivity index (χ0) is 25.8. The number of fused-ring (bicyclic) bond motifs is 1. The number of pyridine rings is 1. The minimum Gasteiger partial charge on any atom is -0.475 e. The number of aromatic nitrogens is 4. The third kappa shape index (κ3) is 6.67. The SMILES string of the molecule is CCCN(CC1CC1)C(=O)Cc1cc(=O)n2[nH]c(C)c(-c3cccnc3)c2n1.O=C(O)C(F)(F)F. The predicted octanol–water partition coefficient (Wildman–Crippen LogP) is 3.22. The molecule has 1 aliphatic rings. The highest BCUT2D eigenvalue weighted by molar-refractivity contribution is 5.81. The molecular formula is C23H26F3N5O4. The van der Waals surface area contributed by atoms with Gasteiger partial charge in [-0.05, 0) is 38.2 Å². The molecule has 3 aromatic rings. The van der Waals surface area contributed by atoms with Gasteiger partial charge in [0, 0.05) is 48.4 Å². The molecule has 35 heavy (non-hydrogen) atoms. The number of alkyl halides is 3. The van der Waals surface area contributed by atoms with Crippen molar-refractivity contribution in [1.29, 1.82) is 0 Å². The number of aromatic amines is 1. The Morgan fingerprint density at radius 1 is 1.31 bits per heavy atom. The molecule has 188 valence electrons. The second kappa shape index (κ2) is 10.7. The number of aliphatic carboxylic acids is 1. The number of hydrogen-bond acceptors (Lipinski definition) is 5. The third-order valence-corrected chi connectivity index (χ3v) is 5.40. The van der Waals surface area contributed by atoms with E-state index in [2.05, 4.69) is 22.0 Å². The maximum atomic E-state index is 12.8. The first kappa shape index (κ1) is 25.9. The Bertz CT molecular complexity index is 1250. The molecular weight excluding hydrogens is 467 g/mol. The quantitative estimate of drug-likeness (QED) is 0.522. The van der Waals surface area contributed by atoms with Crippen molar-refractivity contribution in [2.24, 2.45) is 5.92 Å². The molecule has 12 heteroatoms. The maximum Gasteiger partial charge on any atom is 0.490 e. The van der Waals surface area contributed by atoms with E-state index in [-0.39, 0.29) is 17.9 Å². The van der Waals surface area contributed by atoms with Crippen molar-refractivity contribution >= 4 is 17.5 Å². The fourth-order valence-electron chi connectivity index (χ4n) is 3.61. The summed E-state index contributed by atoms with van der Waals surface area (Å²) in [7, 11) is 0. The van der Waals surface area contributed by atoms with Gasteiger partial charge < -0.3 is 10.0 Å². The number of amides is 1. The molecule has 3 heterocycles. The van der Waals surface area contributed by atoms with Gasteiger partial charge in [-0.15, -0.1) is 0 Å². The highest BCUT2D eigenvalue weighted by atomic mass is 19.4. The van der Waals surface area contributed by atoms with Gasteiger partial charge in [0.05, 0.1) is 12.1 Å². The molecule has 0 radical (unpaired) electrons. The molecule has 0 aliphatic heterocycles. The Kier molecular flexibility index (Phi) is 7.92. The molecule has 0 atom stereocenters. The average molecular weight is 493 g/mol. The van der Waals surface area contributed by atoms with Crippen LogP contribution in [0, 0.1) is 12.8 Å². The molecule has 0 aromatic carbocycles. The number of carbonyl (C=O) groups is 2. The second-order valence-electron chi connectivity index (χ2n) is 8.36. The first-order valence-electron chi connectivity index (χ1n) is 11.1. The summed E-state index contributed by atoms with van der Waals surface area (Å²) >= 11 is 0. The standard InChI is InChI=1S/C21H25N5O2.C2HF3O2/c1-3-9-25(13-15-6-7-15)18(27)10-17-11-19(28)26-21(23-17)20(14(2)24-26)16-5-4-8-22-12-16;3-2(4,5)1(6)7/h4-5,8,11-12,15,24H,3,6-7,9-10,13H2,1-2H3;(H,6,7). The number of rotatable bonds is 7. The molecule has 0 saturated heterocycles. The second-order valence-corrected chi connectivity index (χ2v) is 8.36. The number of carboxylic acid groups (broad SMARTS) is 1. The summed E-state index contributed by atoms with van der Waals surface area (Å²) in [6.45, 7) is 5.55. The van der Waals surface area contributed by atoms with Crippen molar-refractivity contribution in [2.75, 3.05) is 13.1 Å². The first-order valence-corrected chi connectivity index (χ1v) is 11.1. The molecule has 1 aliphatic carbocycles. The van der Waals surface area contributed by atoms with Crippen LogP contribution in [-0.4, -0.2) is 60.7 Å². The minimum absolute atomic E-state index is 0.0418. The molecule has 0 unspecified atom stereocenters. The lowest BCUT2D eigenvalue weighted by Gasteiger charge is -2.21. The van der Waals surface area contributed by atoms with Crippen molar-refractivity contribution in [3.05, 3.63) is 52.3 Å². The Morgan fingerprint density at radius 2 is 2.00 bits per heavy atom. The number of halogens is 3. The van der Waals surface area contributed by atoms with Crippen molar-refractivity contribution in [1.82, 2.24) is 24.5 Å². The van der Waals surface area contributed by atoms with Crippen LogP contribution < -0.4 is 5.56 Å². The molecule has 3 aromatic heterocycles. The van der Waals surface area contributed by atoms with Gasteiger partial charge in [0.1, 0.15) is 0 Å². The molecule has 0 bridgehead atoms. The van der Waals surface area contributed by atoms with Gasteiger partial charge in [-0.3, -0.25) is 19.7 Å². The Morgan fingerprint density at radius 3 is 2.54 bits per heavy atom. The maximum absolute atomic E-state index is 12.8. The van der Waals surface area contributed by atoms with Crippen LogP contribution >= 0.6 is 0 Å². The highest BCUT2D eigenvalue weighted by Gasteiger charge is 2.38. The van der Waals surface area contributed by atoms with Gasteiger partial charge in [0.15, 0.2) is 5.65 Å². The van der Waals surface area contributed by atoms with Crippen LogP contribution in [0.2, 0.25) is 0 Å². The van der Waals surface area contributed by atoms with E-state index in [1.165, 1.54) is 23.4 Å². The van der Waals surface area contributed by atoms with Gasteiger partial charge in [-0.25, -0.2) is 14.3 Å². The summed E-state index contributed by atoms with van der Waals surface area (Å²) in [6, 6.07) is 5.24. The van der Waals surface area contributed by atoms with E-state index in [4.69, 9.17) is 9.90 Å². The van der Waals surface area contributed by atoms with E-state index in [1.54, 1.807) is 12.4 Å². The van der Waals surface area contributed by atoms with Gasteiger partial charge in [0.2, 0.25) is 5.91 Å². The van der Waals surface area contributed by atoms with Crippen molar-refractivity contribution in [2.45, 2.75) is 45.7 Å². The Labute approximate surface area is 198 Å². The number of hydrogen-bond donors (Lipinski definition) is 2. The number of carboxylic acids is 1. The van der Waals surface area contributed by atoms with Crippen LogP contribution in [0.3, 0.4) is 0 Å². The largest absolute Gasteiger partial charge is 0.490 e. The number of nitrogens with one attached hydrogen (secondary N) is 1. The van der Waals surface area contributed by atoms with Crippen molar-refractivity contribution in [3.63, 3.8) is 0 Å². The molecule has 2 N–H and O–H groups in total. The van der Waals surface area contributed by atoms with Crippen LogP contribution in [0.25, 0.3) is 16.8 Å². The Balaban J connectivity index is 0.000000429. The van der Waals surface area contributed by atoms with E-state index < -0.39 is 12.1 Å². The molecule has 9 nitrogen and oxygen atoms in total. The highest BCUT2D eigenvalue weighted by Crippen LogP contribution is 2.30. The lowest BCUT2D eigenvalue weighted by molar-refractivity contribution is -0.192. The fraction of sp³-hybridized carbons (Fsp3) is 0.435. The topological polar surface area (TPSA) is 121 Å².